The zero-order chi connectivity index (χ0) is 19.2. The summed E-state index contributed by atoms with van der Waals surface area (Å²) in [4.78, 5) is 28.6. The third-order valence-electron chi connectivity index (χ3n) is 4.64. The van der Waals surface area contributed by atoms with Gasteiger partial charge in [0.25, 0.3) is 5.91 Å². The molecule has 27 heavy (non-hydrogen) atoms. The first-order valence-corrected chi connectivity index (χ1v) is 9.37. The fraction of sp³-hybridized carbons (Fsp3) is 0.333. The Balaban J connectivity index is 1.42. The molecule has 2 aromatic carbocycles. The number of hydrogen-bond donors (Lipinski definition) is 0. The van der Waals surface area contributed by atoms with Gasteiger partial charge in [0.1, 0.15) is 5.75 Å². The molecule has 1 fully saturated rings. The van der Waals surface area contributed by atoms with Crippen molar-refractivity contribution in [2.24, 2.45) is 0 Å². The highest BCUT2D eigenvalue weighted by Crippen LogP contribution is 2.15. The van der Waals surface area contributed by atoms with Gasteiger partial charge in [-0.25, -0.2) is 0 Å². The number of ether oxygens (including phenoxy) is 1. The largest absolute Gasteiger partial charge is 0.484 e. The molecule has 0 saturated carbocycles. The van der Waals surface area contributed by atoms with Crippen LogP contribution in [-0.2, 0) is 4.79 Å². The second-order valence-corrected chi connectivity index (χ2v) is 7.13. The summed E-state index contributed by atoms with van der Waals surface area (Å²) < 4.78 is 5.52. The molecule has 1 amide bonds. The Hall–Kier alpha value is -2.37. The topological polar surface area (TPSA) is 49.9 Å². The van der Waals surface area contributed by atoms with Crippen molar-refractivity contribution < 1.29 is 14.3 Å². The Labute approximate surface area is 164 Å². The monoisotopic (exact) mass is 386 g/mol. The summed E-state index contributed by atoms with van der Waals surface area (Å²) in [6.07, 6.45) is 0. The maximum Gasteiger partial charge on any atom is 0.260 e. The Bertz CT molecular complexity index is 782. The van der Waals surface area contributed by atoms with Crippen molar-refractivity contribution in [1.29, 1.82) is 0 Å². The normalized spacial score (nSPS) is 14.8. The molecule has 0 N–H and O–H groups in total. The number of Topliss-reactive ketones (excluding diaryl/α,β-unsaturated/α-hetero) is 1. The van der Waals surface area contributed by atoms with Gasteiger partial charge in [0, 0.05) is 36.8 Å². The molecular formula is C21H23ClN2O3. The van der Waals surface area contributed by atoms with Gasteiger partial charge in [-0.3, -0.25) is 14.5 Å². The average molecular weight is 387 g/mol. The van der Waals surface area contributed by atoms with Crippen LogP contribution in [-0.4, -0.2) is 60.8 Å². The molecule has 1 aliphatic heterocycles. The summed E-state index contributed by atoms with van der Waals surface area (Å²) in [6, 6.07) is 14.6. The van der Waals surface area contributed by atoms with E-state index in [-0.39, 0.29) is 18.3 Å². The highest BCUT2D eigenvalue weighted by Gasteiger charge is 2.23. The van der Waals surface area contributed by atoms with Crippen molar-refractivity contribution in [3.8, 4) is 5.75 Å². The molecule has 2 aromatic rings. The Morgan fingerprint density at radius 3 is 2.22 bits per heavy atom. The highest BCUT2D eigenvalue weighted by atomic mass is 35.5. The smallest absolute Gasteiger partial charge is 0.260 e. The molecule has 6 heteroatoms. The number of aryl methyl sites for hydroxylation is 1. The van der Waals surface area contributed by atoms with E-state index >= 15 is 0 Å². The minimum Gasteiger partial charge on any atom is -0.484 e. The summed E-state index contributed by atoms with van der Waals surface area (Å²) in [5.74, 6) is 0.686. The van der Waals surface area contributed by atoms with Crippen molar-refractivity contribution in [2.75, 3.05) is 39.3 Å². The molecular weight excluding hydrogens is 364 g/mol. The number of piperazine rings is 1. The number of hydrogen-bond acceptors (Lipinski definition) is 4. The number of carbonyl (C=O) groups excluding carboxylic acids is 2. The van der Waals surface area contributed by atoms with E-state index in [0.29, 0.717) is 43.5 Å². The number of benzene rings is 2. The molecule has 142 valence electrons. The zero-order valence-corrected chi connectivity index (χ0v) is 16.1. The number of halogens is 1. The van der Waals surface area contributed by atoms with Crippen LogP contribution >= 0.6 is 11.6 Å². The molecule has 0 unspecified atom stereocenters. The Morgan fingerprint density at radius 1 is 0.963 bits per heavy atom. The van der Waals surface area contributed by atoms with Gasteiger partial charge in [-0.2, -0.15) is 0 Å². The molecule has 0 aliphatic carbocycles. The van der Waals surface area contributed by atoms with E-state index in [1.54, 1.807) is 29.2 Å². The second-order valence-electron chi connectivity index (χ2n) is 6.69. The van der Waals surface area contributed by atoms with Crippen LogP contribution in [0.5, 0.6) is 5.75 Å². The number of amides is 1. The highest BCUT2D eigenvalue weighted by molar-refractivity contribution is 6.30. The van der Waals surface area contributed by atoms with Crippen molar-refractivity contribution >= 4 is 23.3 Å². The predicted molar refractivity (Wildman–Crippen MR) is 105 cm³/mol. The van der Waals surface area contributed by atoms with Crippen LogP contribution < -0.4 is 4.74 Å². The molecule has 3 rings (SSSR count). The SMILES string of the molecule is Cc1ccc(C(=O)CN2CCN(C(=O)COc3ccc(Cl)cc3)CC2)cc1. The molecule has 0 aromatic heterocycles. The number of rotatable bonds is 6. The van der Waals surface area contributed by atoms with E-state index in [4.69, 9.17) is 16.3 Å². The Morgan fingerprint density at radius 2 is 1.59 bits per heavy atom. The maximum absolute atomic E-state index is 12.4. The maximum atomic E-state index is 12.4. The van der Waals surface area contributed by atoms with Gasteiger partial charge in [-0.1, -0.05) is 41.4 Å². The lowest BCUT2D eigenvalue weighted by molar-refractivity contribution is -0.135. The number of ketones is 1. The molecule has 1 saturated heterocycles. The standard InChI is InChI=1S/C21H23ClN2O3/c1-16-2-4-17(5-3-16)20(25)14-23-10-12-24(13-11-23)21(26)15-27-19-8-6-18(22)7-9-19/h2-9H,10-15H2,1H3. The average Bonchev–Trinajstić information content (AvgIpc) is 2.68. The molecule has 0 atom stereocenters. The van der Waals surface area contributed by atoms with Crippen molar-refractivity contribution in [2.45, 2.75) is 6.92 Å². The van der Waals surface area contributed by atoms with Crippen LogP contribution in [0.3, 0.4) is 0 Å². The van der Waals surface area contributed by atoms with E-state index in [1.165, 1.54) is 0 Å². The van der Waals surface area contributed by atoms with Gasteiger partial charge in [0.15, 0.2) is 12.4 Å². The summed E-state index contributed by atoms with van der Waals surface area (Å²) in [7, 11) is 0. The van der Waals surface area contributed by atoms with Gasteiger partial charge in [0.2, 0.25) is 0 Å². The molecule has 0 radical (unpaired) electrons. The van der Waals surface area contributed by atoms with Gasteiger partial charge in [-0.05, 0) is 31.2 Å². The van der Waals surface area contributed by atoms with Crippen LogP contribution in [0, 0.1) is 6.92 Å². The van der Waals surface area contributed by atoms with E-state index in [1.807, 2.05) is 31.2 Å². The molecule has 0 bridgehead atoms. The van der Waals surface area contributed by atoms with Crippen molar-refractivity contribution in [1.82, 2.24) is 9.80 Å². The van der Waals surface area contributed by atoms with Gasteiger partial charge in [0.05, 0.1) is 6.54 Å². The van der Waals surface area contributed by atoms with E-state index in [0.717, 1.165) is 11.1 Å². The third kappa shape index (κ3) is 5.55. The van der Waals surface area contributed by atoms with Gasteiger partial charge in [-0.15, -0.1) is 0 Å². The summed E-state index contributed by atoms with van der Waals surface area (Å²) >= 11 is 5.83. The van der Waals surface area contributed by atoms with Gasteiger partial charge < -0.3 is 9.64 Å². The molecule has 0 spiro atoms. The lowest BCUT2D eigenvalue weighted by atomic mass is 10.1. The van der Waals surface area contributed by atoms with Crippen LogP contribution in [0.1, 0.15) is 15.9 Å². The van der Waals surface area contributed by atoms with E-state index in [2.05, 4.69) is 4.90 Å². The third-order valence-corrected chi connectivity index (χ3v) is 4.89. The Kier molecular flexibility index (Phi) is 6.48. The van der Waals surface area contributed by atoms with E-state index < -0.39 is 0 Å². The summed E-state index contributed by atoms with van der Waals surface area (Å²) in [5.41, 5.74) is 1.87. The summed E-state index contributed by atoms with van der Waals surface area (Å²) in [6.45, 7) is 4.96. The van der Waals surface area contributed by atoms with Crippen molar-refractivity contribution in [3.05, 3.63) is 64.7 Å². The number of nitrogens with zero attached hydrogens (tertiary/aromatic N) is 2. The fourth-order valence-electron chi connectivity index (χ4n) is 2.96. The first-order valence-electron chi connectivity index (χ1n) is 8.99. The van der Waals surface area contributed by atoms with Crippen LogP contribution in [0.4, 0.5) is 0 Å². The van der Waals surface area contributed by atoms with Gasteiger partial charge >= 0.3 is 0 Å². The van der Waals surface area contributed by atoms with Crippen LogP contribution in [0.25, 0.3) is 0 Å². The predicted octanol–water partition coefficient (Wildman–Crippen LogP) is 3.05. The van der Waals surface area contributed by atoms with Crippen molar-refractivity contribution in [3.63, 3.8) is 0 Å². The molecule has 5 nitrogen and oxygen atoms in total. The quantitative estimate of drug-likeness (QED) is 0.716. The second kappa shape index (κ2) is 9.02. The van der Waals surface area contributed by atoms with E-state index in [9.17, 15) is 9.59 Å². The minimum atomic E-state index is -0.0468. The first kappa shape index (κ1) is 19.4. The molecule has 1 aliphatic rings. The first-order chi connectivity index (χ1) is 13.0. The summed E-state index contributed by atoms with van der Waals surface area (Å²) in [5, 5.41) is 0.630. The van der Waals surface area contributed by atoms with Crippen LogP contribution in [0.15, 0.2) is 48.5 Å². The lowest BCUT2D eigenvalue weighted by Gasteiger charge is -2.34. The lowest BCUT2D eigenvalue weighted by Crippen LogP contribution is -2.51. The fourth-order valence-corrected chi connectivity index (χ4v) is 3.08. The molecule has 1 heterocycles. The minimum absolute atomic E-state index is 0.00390. The number of carbonyl (C=O) groups is 2. The zero-order valence-electron chi connectivity index (χ0n) is 15.4. The van der Waals surface area contributed by atoms with Crippen LogP contribution in [0.2, 0.25) is 5.02 Å².